The Morgan fingerprint density at radius 1 is 1.17 bits per heavy atom. The van der Waals surface area contributed by atoms with E-state index in [2.05, 4.69) is 15.6 Å². The van der Waals surface area contributed by atoms with Crippen LogP contribution in [0.25, 0.3) is 10.8 Å². The summed E-state index contributed by atoms with van der Waals surface area (Å²) >= 11 is 6.44. The molecule has 7 unspecified atom stereocenters. The van der Waals surface area contributed by atoms with E-state index in [0.717, 1.165) is 5.39 Å². The summed E-state index contributed by atoms with van der Waals surface area (Å²) in [5.41, 5.74) is -1.70. The number of alkyl carbamates (subject to hydrolysis) is 1. The first kappa shape index (κ1) is 39.5. The largest absolute Gasteiger partial charge is 0.495 e. The van der Waals surface area contributed by atoms with Crippen molar-refractivity contribution in [2.75, 3.05) is 13.7 Å². The first-order chi connectivity index (χ1) is 25.5. The summed E-state index contributed by atoms with van der Waals surface area (Å²) in [5.74, 6) is -2.55. The highest BCUT2D eigenvalue weighted by Crippen LogP contribution is 2.48. The van der Waals surface area contributed by atoms with Gasteiger partial charge in [0.1, 0.15) is 29.5 Å². The second-order valence-electron chi connectivity index (χ2n) is 15.3. The van der Waals surface area contributed by atoms with Crippen LogP contribution in [0.4, 0.5) is 9.18 Å². The molecule has 4 aliphatic rings. The van der Waals surface area contributed by atoms with E-state index < -0.39 is 74.6 Å². The quantitative estimate of drug-likeness (QED) is 0.321. The van der Waals surface area contributed by atoms with E-state index in [4.69, 9.17) is 25.8 Å². The number of benzene rings is 1. The topological polar surface area (TPSA) is 182 Å². The number of sulfonamides is 1. The summed E-state index contributed by atoms with van der Waals surface area (Å²) in [5, 5.41) is 4.56. The summed E-state index contributed by atoms with van der Waals surface area (Å²) in [6, 6.07) is 2.82. The Hall–Kier alpha value is -4.18. The van der Waals surface area contributed by atoms with E-state index in [1.807, 2.05) is 24.6 Å². The van der Waals surface area contributed by atoms with Crippen LogP contribution in [0.3, 0.4) is 0 Å². The van der Waals surface area contributed by atoms with Crippen LogP contribution in [0.15, 0.2) is 36.5 Å². The molecule has 0 bridgehead atoms. The third-order valence-corrected chi connectivity index (χ3v) is 12.8. The van der Waals surface area contributed by atoms with Crippen LogP contribution in [0.5, 0.6) is 11.6 Å². The number of rotatable bonds is 8. The average molecular weight is 792 g/mol. The fourth-order valence-corrected chi connectivity index (χ4v) is 8.91. The third kappa shape index (κ3) is 8.09. The lowest BCUT2D eigenvalue weighted by Crippen LogP contribution is -2.59. The number of nitrogens with zero attached hydrogens (tertiary/aromatic N) is 2. The fourth-order valence-electron chi connectivity index (χ4n) is 7.42. The van der Waals surface area contributed by atoms with Crippen molar-refractivity contribution in [2.24, 2.45) is 17.8 Å². The van der Waals surface area contributed by atoms with Crippen LogP contribution in [-0.4, -0.2) is 90.6 Å². The number of hydrogen-bond acceptors (Lipinski definition) is 10. The van der Waals surface area contributed by atoms with Crippen molar-refractivity contribution in [1.82, 2.24) is 25.2 Å². The number of halogens is 2. The van der Waals surface area contributed by atoms with Gasteiger partial charge in [-0.05, 0) is 75.0 Å². The fraction of sp³-hybridized carbons (Fsp3) is 0.595. The number of nitrogens with one attached hydrogen (secondary N) is 3. The van der Waals surface area contributed by atoms with Crippen molar-refractivity contribution in [3.63, 3.8) is 0 Å². The molecule has 3 N–H and O–H groups in total. The van der Waals surface area contributed by atoms with E-state index in [0.29, 0.717) is 35.4 Å². The van der Waals surface area contributed by atoms with Crippen LogP contribution in [0, 0.1) is 17.8 Å². The predicted octanol–water partition coefficient (Wildman–Crippen LogP) is 4.54. The molecule has 2 saturated carbocycles. The number of pyridine rings is 1. The van der Waals surface area contributed by atoms with Gasteiger partial charge in [-0.2, -0.15) is 0 Å². The van der Waals surface area contributed by atoms with E-state index in [-0.39, 0.29) is 49.9 Å². The summed E-state index contributed by atoms with van der Waals surface area (Å²) in [6.45, 7) is 7.16. The lowest BCUT2D eigenvalue weighted by atomic mass is 9.88. The lowest BCUT2D eigenvalue weighted by Gasteiger charge is -2.33. The number of hydrogen-bond donors (Lipinski definition) is 3. The third-order valence-electron chi connectivity index (χ3n) is 10.7. The van der Waals surface area contributed by atoms with Crippen molar-refractivity contribution in [3.8, 4) is 11.6 Å². The number of carbonyl (C=O) groups is 4. The standard InChI is InChI=1S/C37H47ClFN5O9S/c1-20(2)52-35(48)41-30-22(4)14-21(3)8-6-7-9-24-18-37(24,34(47)43-54(49,50)36(39)11-12-36)42-31(45)28-16-25(19-44(28)33(30)46)53-32-26-17-27(38)29(51-5)15-23(26)10-13-40-32/h7,9-10,13,15,17,20-22,24-25,28,30H,6,8,11-12,14,16,18-19H2,1-5H3,(H,41,48)(H,42,45)(H,43,47). The van der Waals surface area contributed by atoms with Gasteiger partial charge in [0.05, 0.1) is 24.8 Å². The molecule has 2 aliphatic carbocycles. The minimum Gasteiger partial charge on any atom is -0.495 e. The summed E-state index contributed by atoms with van der Waals surface area (Å²) in [6.07, 6.45) is 4.58. The summed E-state index contributed by atoms with van der Waals surface area (Å²) in [4.78, 5) is 61.4. The number of allylic oxidation sites excluding steroid dienone is 1. The normalized spacial score (nSPS) is 29.6. The van der Waals surface area contributed by atoms with Gasteiger partial charge >= 0.3 is 6.09 Å². The van der Waals surface area contributed by atoms with E-state index >= 15 is 0 Å². The van der Waals surface area contributed by atoms with E-state index in [1.165, 1.54) is 12.0 Å². The summed E-state index contributed by atoms with van der Waals surface area (Å²) in [7, 11) is -3.17. The Morgan fingerprint density at radius 2 is 1.91 bits per heavy atom. The zero-order chi connectivity index (χ0) is 39.2. The number of fused-ring (bicyclic) bond motifs is 3. The Labute approximate surface area is 318 Å². The zero-order valence-corrected chi connectivity index (χ0v) is 32.5. The highest BCUT2D eigenvalue weighted by atomic mass is 35.5. The van der Waals surface area contributed by atoms with Crippen LogP contribution < -0.4 is 24.8 Å². The Balaban J connectivity index is 1.35. The maximum atomic E-state index is 14.7. The molecule has 3 heterocycles. The van der Waals surface area contributed by atoms with Gasteiger partial charge < -0.3 is 29.7 Å². The highest BCUT2D eigenvalue weighted by Gasteiger charge is 2.64. The molecule has 54 heavy (non-hydrogen) atoms. The second-order valence-corrected chi connectivity index (χ2v) is 17.6. The van der Waals surface area contributed by atoms with Gasteiger partial charge in [-0.1, -0.05) is 37.6 Å². The van der Waals surface area contributed by atoms with Crippen molar-refractivity contribution < 1.29 is 46.2 Å². The van der Waals surface area contributed by atoms with E-state index in [1.54, 1.807) is 44.3 Å². The number of ether oxygens (including phenoxy) is 3. The number of carbonyl (C=O) groups excluding carboxylic acids is 4. The molecule has 2 aliphatic heterocycles. The van der Waals surface area contributed by atoms with Crippen LogP contribution in [0.2, 0.25) is 5.02 Å². The molecule has 7 atom stereocenters. The van der Waals surface area contributed by atoms with Crippen LogP contribution in [0.1, 0.15) is 72.6 Å². The number of alkyl halides is 1. The molecular formula is C37H47ClFN5O9S. The Kier molecular flexibility index (Phi) is 11.1. The molecule has 17 heteroatoms. The molecule has 3 fully saturated rings. The molecule has 2 aromatic rings. The molecule has 0 spiro atoms. The number of methoxy groups -OCH3 is 1. The molecule has 4 amide bonds. The second kappa shape index (κ2) is 15.2. The predicted molar refractivity (Wildman–Crippen MR) is 197 cm³/mol. The number of amides is 4. The smallest absolute Gasteiger partial charge is 0.408 e. The zero-order valence-electron chi connectivity index (χ0n) is 30.9. The van der Waals surface area contributed by atoms with E-state index in [9.17, 15) is 32.0 Å². The molecule has 6 rings (SSSR count). The SMILES string of the molecule is COc1cc2ccnc(OC3CC4C(=O)NC5(C(=O)NS(=O)(=O)C6(F)CC6)CC5C=CCCC(C)CC(C)C(NC(=O)OC(C)C)C(=O)N4C3)c2cc1Cl. The Bertz CT molecular complexity index is 1960. The molecule has 1 aromatic heterocycles. The van der Waals surface area contributed by atoms with Crippen LogP contribution in [-0.2, 0) is 29.1 Å². The lowest BCUT2D eigenvalue weighted by molar-refractivity contribution is -0.142. The maximum Gasteiger partial charge on any atom is 0.408 e. The maximum absolute atomic E-state index is 14.7. The van der Waals surface area contributed by atoms with Crippen LogP contribution >= 0.6 is 11.6 Å². The number of aromatic nitrogens is 1. The van der Waals surface area contributed by atoms with Crippen molar-refractivity contribution in [2.45, 2.75) is 107 Å². The van der Waals surface area contributed by atoms with Gasteiger partial charge in [0, 0.05) is 36.8 Å². The van der Waals surface area contributed by atoms with Gasteiger partial charge in [0.15, 0.2) is 0 Å². The highest BCUT2D eigenvalue weighted by molar-refractivity contribution is 7.91. The van der Waals surface area contributed by atoms with Gasteiger partial charge in [0.25, 0.3) is 15.9 Å². The minimum absolute atomic E-state index is 0.0441. The molecule has 1 saturated heterocycles. The minimum atomic E-state index is -4.67. The average Bonchev–Trinajstić information content (AvgIpc) is 3.98. The van der Waals surface area contributed by atoms with Crippen molar-refractivity contribution in [1.29, 1.82) is 0 Å². The van der Waals surface area contributed by atoms with Gasteiger partial charge in [-0.25, -0.2) is 27.3 Å². The molecule has 0 radical (unpaired) electrons. The first-order valence-electron chi connectivity index (χ1n) is 18.3. The van der Waals surface area contributed by atoms with Crippen molar-refractivity contribution >= 4 is 56.2 Å². The first-order valence-corrected chi connectivity index (χ1v) is 20.1. The monoisotopic (exact) mass is 791 g/mol. The van der Waals surface area contributed by atoms with Crippen molar-refractivity contribution in [3.05, 3.63) is 41.6 Å². The Morgan fingerprint density at radius 3 is 2.59 bits per heavy atom. The molecular weight excluding hydrogens is 745 g/mol. The molecule has 1 aromatic carbocycles. The van der Waals surface area contributed by atoms with Gasteiger partial charge in [-0.3, -0.25) is 14.4 Å². The van der Waals surface area contributed by atoms with Gasteiger partial charge in [-0.15, -0.1) is 0 Å². The molecule has 294 valence electrons. The summed E-state index contributed by atoms with van der Waals surface area (Å²) < 4.78 is 59.3. The van der Waals surface area contributed by atoms with Gasteiger partial charge in [0.2, 0.25) is 22.7 Å². The molecule has 14 nitrogen and oxygen atoms in total.